The van der Waals surface area contributed by atoms with E-state index >= 15 is 0 Å². The third-order valence-electron chi connectivity index (χ3n) is 3.87. The summed E-state index contributed by atoms with van der Waals surface area (Å²) in [5, 5.41) is 13.0. The molecule has 1 unspecified atom stereocenters. The maximum atomic E-state index is 11.7. The minimum atomic E-state index is -0.710. The number of likely N-dealkylation sites (tertiary alicyclic amines) is 1. The van der Waals surface area contributed by atoms with Gasteiger partial charge < -0.3 is 10.0 Å². The van der Waals surface area contributed by atoms with Gasteiger partial charge in [0.05, 0.1) is 0 Å². The Morgan fingerprint density at radius 3 is 2.41 bits per heavy atom. The summed E-state index contributed by atoms with van der Waals surface area (Å²) in [6.07, 6.45) is 4.53. The van der Waals surface area contributed by atoms with Gasteiger partial charge in [-0.05, 0) is 58.5 Å². The van der Waals surface area contributed by atoms with Crippen LogP contribution >= 0.6 is 0 Å². The van der Waals surface area contributed by atoms with Crippen LogP contribution in [0, 0.1) is 5.92 Å². The van der Waals surface area contributed by atoms with Gasteiger partial charge in [0.2, 0.25) is 0 Å². The second-order valence-electron chi connectivity index (χ2n) is 5.83. The van der Waals surface area contributed by atoms with Gasteiger partial charge in [-0.25, -0.2) is 0 Å². The second-order valence-corrected chi connectivity index (χ2v) is 5.83. The van der Waals surface area contributed by atoms with Gasteiger partial charge in [-0.3, -0.25) is 10.1 Å². The zero-order valence-electron chi connectivity index (χ0n) is 10.9. The highest BCUT2D eigenvalue weighted by Gasteiger charge is 2.52. The molecule has 1 heterocycles. The SMILES string of the molecule is CC(C)NC(CN1CCCC1)(C(=O)O)C1CC1. The molecule has 0 aromatic rings. The van der Waals surface area contributed by atoms with Crippen LogP contribution in [0.15, 0.2) is 0 Å². The van der Waals surface area contributed by atoms with Crippen molar-refractivity contribution in [2.24, 2.45) is 5.92 Å². The lowest BCUT2D eigenvalue weighted by Gasteiger charge is -2.36. The highest BCUT2D eigenvalue weighted by Crippen LogP contribution is 2.41. The van der Waals surface area contributed by atoms with Crippen molar-refractivity contribution in [3.05, 3.63) is 0 Å². The number of rotatable bonds is 6. The smallest absolute Gasteiger partial charge is 0.325 e. The van der Waals surface area contributed by atoms with Gasteiger partial charge in [-0.15, -0.1) is 0 Å². The Bertz CT molecular complexity index is 283. The Hall–Kier alpha value is -0.610. The molecule has 0 amide bonds. The van der Waals surface area contributed by atoms with E-state index in [2.05, 4.69) is 10.2 Å². The number of hydrogen-bond acceptors (Lipinski definition) is 3. The summed E-state index contributed by atoms with van der Waals surface area (Å²) in [5.41, 5.74) is -0.710. The molecule has 2 aliphatic rings. The average molecular weight is 240 g/mol. The number of aliphatic carboxylic acids is 1. The van der Waals surface area contributed by atoms with Crippen molar-refractivity contribution in [2.75, 3.05) is 19.6 Å². The van der Waals surface area contributed by atoms with Gasteiger partial charge in [0, 0.05) is 12.6 Å². The molecule has 1 aliphatic carbocycles. The molecule has 1 saturated carbocycles. The van der Waals surface area contributed by atoms with E-state index in [1.54, 1.807) is 0 Å². The molecular formula is C13H24N2O2. The van der Waals surface area contributed by atoms with Gasteiger partial charge in [-0.1, -0.05) is 0 Å². The summed E-state index contributed by atoms with van der Waals surface area (Å²) in [6.45, 7) is 6.85. The van der Waals surface area contributed by atoms with E-state index in [9.17, 15) is 9.90 Å². The predicted molar refractivity (Wildman–Crippen MR) is 67.0 cm³/mol. The zero-order chi connectivity index (χ0) is 12.5. The first-order valence-corrected chi connectivity index (χ1v) is 6.78. The predicted octanol–water partition coefficient (Wildman–Crippen LogP) is 1.31. The highest BCUT2D eigenvalue weighted by atomic mass is 16.4. The van der Waals surface area contributed by atoms with Crippen LogP contribution < -0.4 is 5.32 Å². The minimum Gasteiger partial charge on any atom is -0.480 e. The van der Waals surface area contributed by atoms with Crippen LogP contribution in [-0.4, -0.2) is 47.2 Å². The number of carboxylic acid groups (broad SMARTS) is 1. The highest BCUT2D eigenvalue weighted by molar-refractivity contribution is 5.80. The molecule has 2 N–H and O–H groups in total. The fourth-order valence-corrected chi connectivity index (χ4v) is 2.98. The van der Waals surface area contributed by atoms with Crippen LogP contribution in [0.4, 0.5) is 0 Å². The van der Waals surface area contributed by atoms with Crippen LogP contribution in [0.3, 0.4) is 0 Å². The van der Waals surface area contributed by atoms with Crippen molar-refractivity contribution in [3.8, 4) is 0 Å². The lowest BCUT2D eigenvalue weighted by atomic mass is 9.91. The second kappa shape index (κ2) is 4.94. The summed E-state index contributed by atoms with van der Waals surface area (Å²) in [6, 6.07) is 0.217. The molecule has 1 aliphatic heterocycles. The van der Waals surface area contributed by atoms with E-state index in [-0.39, 0.29) is 6.04 Å². The summed E-state index contributed by atoms with van der Waals surface area (Å²) in [7, 11) is 0. The van der Waals surface area contributed by atoms with Crippen LogP contribution in [-0.2, 0) is 4.79 Å². The monoisotopic (exact) mass is 240 g/mol. The Labute approximate surface area is 103 Å². The largest absolute Gasteiger partial charge is 0.480 e. The molecular weight excluding hydrogens is 216 g/mol. The molecule has 98 valence electrons. The van der Waals surface area contributed by atoms with Gasteiger partial charge in [0.25, 0.3) is 0 Å². The fourth-order valence-electron chi connectivity index (χ4n) is 2.98. The molecule has 4 heteroatoms. The molecule has 0 aromatic heterocycles. The quantitative estimate of drug-likeness (QED) is 0.735. The lowest BCUT2D eigenvalue weighted by molar-refractivity contribution is -0.147. The number of nitrogens with zero attached hydrogens (tertiary/aromatic N) is 1. The van der Waals surface area contributed by atoms with E-state index in [1.807, 2.05) is 13.8 Å². The van der Waals surface area contributed by atoms with Crippen LogP contribution in [0.5, 0.6) is 0 Å². The van der Waals surface area contributed by atoms with Crippen molar-refractivity contribution in [2.45, 2.75) is 51.1 Å². The van der Waals surface area contributed by atoms with Gasteiger partial charge in [0.15, 0.2) is 0 Å². The van der Waals surface area contributed by atoms with E-state index in [0.717, 1.165) is 25.9 Å². The fraction of sp³-hybridized carbons (Fsp3) is 0.923. The maximum absolute atomic E-state index is 11.7. The lowest BCUT2D eigenvalue weighted by Crippen LogP contribution is -2.62. The van der Waals surface area contributed by atoms with Crippen molar-refractivity contribution < 1.29 is 9.90 Å². The van der Waals surface area contributed by atoms with Gasteiger partial charge >= 0.3 is 5.97 Å². The van der Waals surface area contributed by atoms with E-state index < -0.39 is 11.5 Å². The van der Waals surface area contributed by atoms with Gasteiger partial charge in [0.1, 0.15) is 5.54 Å². The van der Waals surface area contributed by atoms with Crippen LogP contribution in [0.2, 0.25) is 0 Å². The van der Waals surface area contributed by atoms with Gasteiger partial charge in [-0.2, -0.15) is 0 Å². The third kappa shape index (κ3) is 2.80. The van der Waals surface area contributed by atoms with E-state index in [4.69, 9.17) is 0 Å². The number of nitrogens with one attached hydrogen (secondary N) is 1. The number of carbonyl (C=O) groups is 1. The standard InChI is InChI=1S/C13H24N2O2/c1-10(2)14-13(12(16)17,11-5-6-11)9-15-7-3-4-8-15/h10-11,14H,3-9H2,1-2H3,(H,16,17). The first-order chi connectivity index (χ1) is 8.04. The Kier molecular flexibility index (Phi) is 3.73. The van der Waals surface area contributed by atoms with Crippen LogP contribution in [0.25, 0.3) is 0 Å². The van der Waals surface area contributed by atoms with Crippen molar-refractivity contribution in [1.82, 2.24) is 10.2 Å². The Morgan fingerprint density at radius 2 is 2.00 bits per heavy atom. The molecule has 0 spiro atoms. The first kappa shape index (κ1) is 12.8. The molecule has 0 bridgehead atoms. The van der Waals surface area contributed by atoms with Crippen molar-refractivity contribution in [3.63, 3.8) is 0 Å². The van der Waals surface area contributed by atoms with Crippen LogP contribution in [0.1, 0.15) is 39.5 Å². The summed E-state index contributed by atoms with van der Waals surface area (Å²) in [5.74, 6) is -0.344. The normalized spacial score (nSPS) is 25.1. The van der Waals surface area contributed by atoms with E-state index in [0.29, 0.717) is 12.5 Å². The summed E-state index contributed by atoms with van der Waals surface area (Å²) >= 11 is 0. The Morgan fingerprint density at radius 1 is 1.41 bits per heavy atom. The third-order valence-corrected chi connectivity index (χ3v) is 3.87. The zero-order valence-corrected chi connectivity index (χ0v) is 10.9. The topological polar surface area (TPSA) is 52.6 Å². The number of carboxylic acids is 1. The molecule has 1 saturated heterocycles. The molecule has 2 rings (SSSR count). The minimum absolute atomic E-state index is 0.217. The molecule has 0 radical (unpaired) electrons. The van der Waals surface area contributed by atoms with Crippen molar-refractivity contribution >= 4 is 5.97 Å². The molecule has 17 heavy (non-hydrogen) atoms. The maximum Gasteiger partial charge on any atom is 0.325 e. The molecule has 1 atom stereocenters. The summed E-state index contributed by atoms with van der Waals surface area (Å²) < 4.78 is 0. The number of hydrogen-bond donors (Lipinski definition) is 2. The first-order valence-electron chi connectivity index (χ1n) is 6.78. The molecule has 0 aromatic carbocycles. The Balaban J connectivity index is 2.10. The molecule has 4 nitrogen and oxygen atoms in total. The van der Waals surface area contributed by atoms with Crippen molar-refractivity contribution in [1.29, 1.82) is 0 Å². The summed E-state index contributed by atoms with van der Waals surface area (Å²) in [4.78, 5) is 14.0. The molecule has 2 fully saturated rings. The average Bonchev–Trinajstić information content (AvgIpc) is 2.97. The van der Waals surface area contributed by atoms with E-state index in [1.165, 1.54) is 12.8 Å².